The van der Waals surface area contributed by atoms with Crippen molar-refractivity contribution in [2.75, 3.05) is 37.7 Å². The molecule has 1 amide bonds. The molecular formula is C30H27IN4O3. The Kier molecular flexibility index (Phi) is 9.23. The van der Waals surface area contributed by atoms with Crippen molar-refractivity contribution in [3.8, 4) is 23.6 Å². The van der Waals surface area contributed by atoms with Gasteiger partial charge in [0.1, 0.15) is 18.2 Å². The average molecular weight is 618 g/mol. The van der Waals surface area contributed by atoms with E-state index in [0.29, 0.717) is 55.4 Å². The van der Waals surface area contributed by atoms with Crippen molar-refractivity contribution in [1.29, 1.82) is 10.5 Å². The van der Waals surface area contributed by atoms with Gasteiger partial charge in [-0.25, -0.2) is 0 Å². The van der Waals surface area contributed by atoms with Gasteiger partial charge in [-0.2, -0.15) is 10.5 Å². The molecule has 0 bridgehead atoms. The first kappa shape index (κ1) is 27.0. The van der Waals surface area contributed by atoms with Crippen LogP contribution in [0.15, 0.2) is 72.3 Å². The zero-order valence-corrected chi connectivity index (χ0v) is 23.2. The van der Waals surface area contributed by atoms with Crippen LogP contribution in [0.4, 0.5) is 5.69 Å². The van der Waals surface area contributed by atoms with Crippen LogP contribution in [0.5, 0.6) is 11.5 Å². The third kappa shape index (κ3) is 6.45. The lowest BCUT2D eigenvalue weighted by Crippen LogP contribution is -2.49. The van der Waals surface area contributed by atoms with Gasteiger partial charge in [0.2, 0.25) is 0 Å². The van der Waals surface area contributed by atoms with E-state index < -0.39 is 0 Å². The van der Waals surface area contributed by atoms with Gasteiger partial charge < -0.3 is 19.3 Å². The molecule has 7 nitrogen and oxygen atoms in total. The molecule has 0 spiro atoms. The first-order valence-electron chi connectivity index (χ1n) is 12.3. The summed E-state index contributed by atoms with van der Waals surface area (Å²) >= 11 is 2.16. The summed E-state index contributed by atoms with van der Waals surface area (Å²) in [5.41, 5.74) is 3.22. The number of para-hydroxylation sites is 1. The maximum Gasteiger partial charge on any atom is 0.264 e. The fourth-order valence-electron chi connectivity index (χ4n) is 4.26. The average Bonchev–Trinajstić information content (AvgIpc) is 2.96. The molecule has 0 unspecified atom stereocenters. The number of carbonyl (C=O) groups is 1. The molecule has 0 atom stereocenters. The van der Waals surface area contributed by atoms with Gasteiger partial charge in [0.15, 0.2) is 11.5 Å². The van der Waals surface area contributed by atoms with Crippen molar-refractivity contribution in [3.63, 3.8) is 0 Å². The zero-order chi connectivity index (χ0) is 26.9. The van der Waals surface area contributed by atoms with E-state index >= 15 is 0 Å². The van der Waals surface area contributed by atoms with Gasteiger partial charge in [0.05, 0.1) is 21.8 Å². The number of piperazine rings is 1. The summed E-state index contributed by atoms with van der Waals surface area (Å²) in [5, 5.41) is 19.2. The first-order chi connectivity index (χ1) is 18.5. The Morgan fingerprint density at radius 1 is 1.00 bits per heavy atom. The molecule has 192 valence electrons. The molecule has 1 aliphatic heterocycles. The van der Waals surface area contributed by atoms with Crippen molar-refractivity contribution in [1.82, 2.24) is 4.90 Å². The summed E-state index contributed by atoms with van der Waals surface area (Å²) in [4.78, 5) is 17.2. The summed E-state index contributed by atoms with van der Waals surface area (Å²) < 4.78 is 12.7. The molecule has 3 aromatic carbocycles. The van der Waals surface area contributed by atoms with Crippen molar-refractivity contribution in [2.45, 2.75) is 13.5 Å². The molecule has 1 aliphatic rings. The number of rotatable bonds is 8. The monoisotopic (exact) mass is 618 g/mol. The van der Waals surface area contributed by atoms with E-state index in [2.05, 4.69) is 51.8 Å². The fraction of sp³-hybridized carbons (Fsp3) is 0.233. The largest absolute Gasteiger partial charge is 0.490 e. The highest BCUT2D eigenvalue weighted by Gasteiger charge is 2.24. The van der Waals surface area contributed by atoms with E-state index in [9.17, 15) is 15.3 Å². The predicted octanol–water partition coefficient (Wildman–Crippen LogP) is 5.40. The van der Waals surface area contributed by atoms with Crippen LogP contribution < -0.4 is 14.4 Å². The van der Waals surface area contributed by atoms with Crippen molar-refractivity contribution in [3.05, 3.63) is 92.6 Å². The molecule has 4 rings (SSSR count). The van der Waals surface area contributed by atoms with Gasteiger partial charge in [0.25, 0.3) is 5.91 Å². The van der Waals surface area contributed by atoms with Crippen LogP contribution in [0.25, 0.3) is 6.08 Å². The highest BCUT2D eigenvalue weighted by molar-refractivity contribution is 14.1. The summed E-state index contributed by atoms with van der Waals surface area (Å²) in [5.74, 6) is 0.794. The highest BCUT2D eigenvalue weighted by atomic mass is 127. The van der Waals surface area contributed by atoms with E-state index in [1.54, 1.807) is 23.1 Å². The summed E-state index contributed by atoms with van der Waals surface area (Å²) in [6, 6.07) is 25.3. The number of nitrogens with zero attached hydrogens (tertiary/aromatic N) is 4. The number of hydrogen-bond acceptors (Lipinski definition) is 6. The zero-order valence-electron chi connectivity index (χ0n) is 21.1. The Bertz CT molecular complexity index is 1400. The summed E-state index contributed by atoms with van der Waals surface area (Å²) in [6.07, 6.45) is 1.60. The SMILES string of the molecule is CCOc1cc(/C=C(/C#N)C(=O)N2CCN(c3ccccc3)CC2)cc(I)c1OCc1ccccc1C#N. The van der Waals surface area contributed by atoms with E-state index in [1.165, 1.54) is 0 Å². The third-order valence-electron chi connectivity index (χ3n) is 6.19. The molecule has 0 aliphatic carbocycles. The van der Waals surface area contributed by atoms with Crippen LogP contribution >= 0.6 is 22.6 Å². The van der Waals surface area contributed by atoms with Crippen LogP contribution in [-0.2, 0) is 11.4 Å². The molecular weight excluding hydrogens is 591 g/mol. The van der Waals surface area contributed by atoms with Gasteiger partial charge in [-0.3, -0.25) is 4.79 Å². The lowest BCUT2D eigenvalue weighted by molar-refractivity contribution is -0.126. The minimum Gasteiger partial charge on any atom is -0.490 e. The molecule has 0 radical (unpaired) electrons. The normalized spacial score (nSPS) is 13.4. The third-order valence-corrected chi connectivity index (χ3v) is 6.99. The summed E-state index contributed by atoms with van der Waals surface area (Å²) in [6.45, 7) is 5.03. The minimum atomic E-state index is -0.276. The number of carbonyl (C=O) groups excluding carboxylic acids is 1. The van der Waals surface area contributed by atoms with Crippen molar-refractivity contribution < 1.29 is 14.3 Å². The second-order valence-electron chi connectivity index (χ2n) is 8.61. The van der Waals surface area contributed by atoms with Crippen LogP contribution in [0, 0.1) is 26.2 Å². The van der Waals surface area contributed by atoms with Crippen LogP contribution in [0.2, 0.25) is 0 Å². The van der Waals surface area contributed by atoms with Gasteiger partial charge in [-0.1, -0.05) is 36.4 Å². The Labute approximate surface area is 236 Å². The number of nitriles is 2. The highest BCUT2D eigenvalue weighted by Crippen LogP contribution is 2.36. The molecule has 38 heavy (non-hydrogen) atoms. The first-order valence-corrected chi connectivity index (χ1v) is 13.4. The van der Waals surface area contributed by atoms with E-state index in [-0.39, 0.29) is 18.1 Å². The number of anilines is 1. The molecule has 0 N–H and O–H groups in total. The molecule has 0 aromatic heterocycles. The number of amides is 1. The van der Waals surface area contributed by atoms with Crippen molar-refractivity contribution >= 4 is 40.3 Å². The molecule has 3 aromatic rings. The summed E-state index contributed by atoms with van der Waals surface area (Å²) in [7, 11) is 0. The van der Waals surface area contributed by atoms with E-state index in [4.69, 9.17) is 9.47 Å². The number of ether oxygens (including phenoxy) is 2. The second-order valence-corrected chi connectivity index (χ2v) is 9.77. The lowest BCUT2D eigenvalue weighted by atomic mass is 10.1. The van der Waals surface area contributed by atoms with Gasteiger partial charge >= 0.3 is 0 Å². The maximum atomic E-state index is 13.2. The number of benzene rings is 3. The van der Waals surface area contributed by atoms with Crippen LogP contribution in [-0.4, -0.2) is 43.6 Å². The smallest absolute Gasteiger partial charge is 0.264 e. The molecule has 8 heteroatoms. The maximum absolute atomic E-state index is 13.2. The molecule has 1 heterocycles. The Hall–Kier alpha value is -4.02. The number of hydrogen-bond donors (Lipinski definition) is 0. The predicted molar refractivity (Wildman–Crippen MR) is 155 cm³/mol. The molecule has 1 saturated heterocycles. The topological polar surface area (TPSA) is 89.6 Å². The van der Waals surface area contributed by atoms with Crippen LogP contribution in [0.3, 0.4) is 0 Å². The Morgan fingerprint density at radius 3 is 2.39 bits per heavy atom. The van der Waals surface area contributed by atoms with Gasteiger partial charge in [0, 0.05) is 37.4 Å². The standard InChI is InChI=1S/C30H27IN4O3/c1-2-37-28-18-22(17-27(31)29(28)38-21-24-9-7-6-8-23(24)19-32)16-25(20-33)30(36)35-14-12-34(13-15-35)26-10-4-3-5-11-26/h3-11,16-18H,2,12-15,21H2,1H3/b25-16-. The van der Waals surface area contributed by atoms with Crippen LogP contribution in [0.1, 0.15) is 23.6 Å². The lowest BCUT2D eigenvalue weighted by Gasteiger charge is -2.36. The van der Waals surface area contributed by atoms with Crippen molar-refractivity contribution in [2.24, 2.45) is 0 Å². The van der Waals surface area contributed by atoms with Gasteiger partial charge in [-0.05, 0) is 71.5 Å². The minimum absolute atomic E-state index is 0.0769. The molecule has 1 fully saturated rings. The number of halogens is 1. The Morgan fingerprint density at radius 2 is 1.71 bits per heavy atom. The molecule has 0 saturated carbocycles. The van der Waals surface area contributed by atoms with Gasteiger partial charge in [-0.15, -0.1) is 0 Å². The Balaban J connectivity index is 1.50. The second kappa shape index (κ2) is 13.0. The fourth-order valence-corrected chi connectivity index (χ4v) is 5.05. The quantitative estimate of drug-likeness (QED) is 0.191. The van der Waals surface area contributed by atoms with E-state index in [1.807, 2.05) is 49.4 Å². The van der Waals surface area contributed by atoms with E-state index in [0.717, 1.165) is 14.8 Å².